The normalized spacial score (nSPS) is 12.2. The average Bonchev–Trinajstić information content (AvgIpc) is 2.28. The summed E-state index contributed by atoms with van der Waals surface area (Å²) in [5.74, 6) is 0.381. The van der Waals surface area contributed by atoms with Gasteiger partial charge in [-0.3, -0.25) is 4.79 Å². The second-order valence-corrected chi connectivity index (χ2v) is 5.38. The molecule has 94 valence electrons. The summed E-state index contributed by atoms with van der Waals surface area (Å²) in [6.45, 7) is 2.01. The fourth-order valence-electron chi connectivity index (χ4n) is 1.45. The highest BCUT2D eigenvalue weighted by Crippen LogP contribution is 2.21. The maximum atomic E-state index is 12.0. The third kappa shape index (κ3) is 4.49. The van der Waals surface area contributed by atoms with Gasteiger partial charge in [-0.25, -0.2) is 0 Å². The maximum absolute atomic E-state index is 12.0. The molecule has 2 nitrogen and oxygen atoms in total. The van der Waals surface area contributed by atoms with Crippen molar-refractivity contribution in [2.45, 2.75) is 25.8 Å². The van der Waals surface area contributed by atoms with Gasteiger partial charge in [0.25, 0.3) is 5.91 Å². The minimum atomic E-state index is -0.153. The van der Waals surface area contributed by atoms with Crippen LogP contribution in [0.5, 0.6) is 0 Å². The van der Waals surface area contributed by atoms with Crippen LogP contribution >= 0.6 is 39.1 Å². The zero-order valence-electron chi connectivity index (χ0n) is 9.47. The predicted molar refractivity (Wildman–Crippen MR) is 76.0 cm³/mol. The molecule has 0 spiro atoms. The van der Waals surface area contributed by atoms with Crippen molar-refractivity contribution in [3.05, 3.63) is 33.3 Å². The number of halogens is 3. The fourth-order valence-corrected chi connectivity index (χ4v) is 2.47. The van der Waals surface area contributed by atoms with E-state index in [9.17, 15) is 4.79 Å². The first-order chi connectivity index (χ1) is 8.08. The van der Waals surface area contributed by atoms with Crippen LogP contribution in [0.25, 0.3) is 0 Å². The van der Waals surface area contributed by atoms with E-state index in [1.165, 1.54) is 0 Å². The number of carbonyl (C=O) groups is 1. The van der Waals surface area contributed by atoms with Crippen LogP contribution in [0.1, 0.15) is 30.1 Å². The molecule has 17 heavy (non-hydrogen) atoms. The van der Waals surface area contributed by atoms with Gasteiger partial charge in [0.2, 0.25) is 0 Å². The molecule has 1 N–H and O–H groups in total. The van der Waals surface area contributed by atoms with Gasteiger partial charge >= 0.3 is 0 Å². The monoisotopic (exact) mass is 337 g/mol. The van der Waals surface area contributed by atoms with E-state index < -0.39 is 0 Å². The summed E-state index contributed by atoms with van der Waals surface area (Å²) < 4.78 is 0.854. The summed E-state index contributed by atoms with van der Waals surface area (Å²) in [4.78, 5) is 12.0. The molecule has 5 heteroatoms. The maximum Gasteiger partial charge on any atom is 0.253 e. The molecular formula is C12H14BrCl2NO. The van der Waals surface area contributed by atoms with E-state index >= 15 is 0 Å². The Bertz CT molecular complexity index is 398. The van der Waals surface area contributed by atoms with Crippen molar-refractivity contribution in [2.24, 2.45) is 0 Å². The van der Waals surface area contributed by atoms with Gasteiger partial charge in [-0.15, -0.1) is 11.6 Å². The first-order valence-corrected chi connectivity index (χ1v) is 7.11. The summed E-state index contributed by atoms with van der Waals surface area (Å²) in [6, 6.07) is 5.30. The second kappa shape index (κ2) is 7.24. The topological polar surface area (TPSA) is 29.1 Å². The van der Waals surface area contributed by atoms with Crippen LogP contribution in [-0.2, 0) is 0 Å². The largest absolute Gasteiger partial charge is 0.349 e. The number of alkyl halides is 1. The molecule has 0 aromatic heterocycles. The Morgan fingerprint density at radius 3 is 2.76 bits per heavy atom. The molecule has 0 fully saturated rings. The standard InChI is InChI=1S/C12H14BrCl2NO/c1-2-9(5-6-14)16-12(17)10-4-3-8(13)7-11(10)15/h3-4,7,9H,2,5-6H2,1H3,(H,16,17). The Kier molecular flexibility index (Phi) is 6.31. The Balaban J connectivity index is 2.75. The van der Waals surface area contributed by atoms with Gasteiger partial charge < -0.3 is 5.32 Å². The molecule has 1 unspecified atom stereocenters. The smallest absolute Gasteiger partial charge is 0.253 e. The summed E-state index contributed by atoms with van der Waals surface area (Å²) in [5, 5.41) is 3.36. The molecule has 1 rings (SSSR count). The summed E-state index contributed by atoms with van der Waals surface area (Å²) >= 11 is 15.0. The van der Waals surface area contributed by atoms with Crippen molar-refractivity contribution in [1.29, 1.82) is 0 Å². The van der Waals surface area contributed by atoms with E-state index in [1.54, 1.807) is 18.2 Å². The number of hydrogen-bond donors (Lipinski definition) is 1. The molecule has 0 aliphatic carbocycles. The van der Waals surface area contributed by atoms with Crippen LogP contribution in [0.3, 0.4) is 0 Å². The SMILES string of the molecule is CCC(CCCl)NC(=O)c1ccc(Br)cc1Cl. The zero-order valence-corrected chi connectivity index (χ0v) is 12.6. The number of carbonyl (C=O) groups excluding carboxylic acids is 1. The molecule has 0 bridgehead atoms. The molecule has 0 aliphatic rings. The molecule has 1 aromatic rings. The van der Waals surface area contributed by atoms with Crippen molar-refractivity contribution in [3.63, 3.8) is 0 Å². The molecular weight excluding hydrogens is 325 g/mol. The van der Waals surface area contributed by atoms with Crippen LogP contribution in [0.15, 0.2) is 22.7 Å². The number of hydrogen-bond acceptors (Lipinski definition) is 1. The lowest BCUT2D eigenvalue weighted by Crippen LogP contribution is -2.34. The minimum Gasteiger partial charge on any atom is -0.349 e. The summed E-state index contributed by atoms with van der Waals surface area (Å²) in [5.41, 5.74) is 0.489. The second-order valence-electron chi connectivity index (χ2n) is 3.68. The highest BCUT2D eigenvalue weighted by atomic mass is 79.9. The van der Waals surface area contributed by atoms with E-state index in [2.05, 4.69) is 21.2 Å². The van der Waals surface area contributed by atoms with Crippen LogP contribution in [0, 0.1) is 0 Å². The van der Waals surface area contributed by atoms with E-state index in [0.717, 1.165) is 17.3 Å². The van der Waals surface area contributed by atoms with Gasteiger partial charge in [-0.2, -0.15) is 0 Å². The fraction of sp³-hybridized carbons (Fsp3) is 0.417. The first kappa shape index (κ1) is 14.8. The molecule has 1 aromatic carbocycles. The molecule has 1 atom stereocenters. The van der Waals surface area contributed by atoms with Gasteiger partial charge in [0.15, 0.2) is 0 Å². The quantitative estimate of drug-likeness (QED) is 0.799. The van der Waals surface area contributed by atoms with Crippen LogP contribution in [0.4, 0.5) is 0 Å². The Morgan fingerprint density at radius 1 is 1.53 bits per heavy atom. The van der Waals surface area contributed by atoms with Gasteiger partial charge in [0, 0.05) is 16.4 Å². The highest BCUT2D eigenvalue weighted by molar-refractivity contribution is 9.10. The number of amides is 1. The highest BCUT2D eigenvalue weighted by Gasteiger charge is 2.14. The lowest BCUT2D eigenvalue weighted by atomic mass is 10.1. The first-order valence-electron chi connectivity index (χ1n) is 5.40. The Hall–Kier alpha value is -0.250. The Morgan fingerprint density at radius 2 is 2.24 bits per heavy atom. The van der Waals surface area contributed by atoms with Crippen LogP contribution in [-0.4, -0.2) is 17.8 Å². The van der Waals surface area contributed by atoms with Crippen molar-refractivity contribution < 1.29 is 4.79 Å². The van der Waals surface area contributed by atoms with Gasteiger partial charge in [0.05, 0.1) is 10.6 Å². The van der Waals surface area contributed by atoms with Crippen LogP contribution in [0.2, 0.25) is 5.02 Å². The van der Waals surface area contributed by atoms with Crippen LogP contribution < -0.4 is 5.32 Å². The lowest BCUT2D eigenvalue weighted by Gasteiger charge is -2.16. The third-order valence-corrected chi connectivity index (χ3v) is 3.49. The summed E-state index contributed by atoms with van der Waals surface area (Å²) in [6.07, 6.45) is 1.62. The predicted octanol–water partition coefficient (Wildman–Crippen LogP) is 4.24. The van der Waals surface area contributed by atoms with E-state index in [1.807, 2.05) is 6.92 Å². The van der Waals surface area contributed by atoms with E-state index in [0.29, 0.717) is 16.5 Å². The van der Waals surface area contributed by atoms with Gasteiger partial charge in [-0.1, -0.05) is 34.5 Å². The molecule has 0 aliphatic heterocycles. The number of nitrogens with one attached hydrogen (secondary N) is 1. The molecule has 0 saturated heterocycles. The van der Waals surface area contributed by atoms with Crippen molar-refractivity contribution in [3.8, 4) is 0 Å². The molecule has 1 amide bonds. The lowest BCUT2D eigenvalue weighted by molar-refractivity contribution is 0.0935. The minimum absolute atomic E-state index is 0.0970. The third-order valence-electron chi connectivity index (χ3n) is 2.46. The average molecular weight is 339 g/mol. The molecule has 0 saturated carbocycles. The zero-order chi connectivity index (χ0) is 12.8. The number of rotatable bonds is 5. The summed E-state index contributed by atoms with van der Waals surface area (Å²) in [7, 11) is 0. The molecule has 0 heterocycles. The van der Waals surface area contributed by atoms with Gasteiger partial charge in [-0.05, 0) is 31.0 Å². The van der Waals surface area contributed by atoms with Crippen molar-refractivity contribution in [1.82, 2.24) is 5.32 Å². The Labute approximate surface area is 120 Å². The van der Waals surface area contributed by atoms with Crippen molar-refractivity contribution >= 4 is 45.0 Å². The van der Waals surface area contributed by atoms with E-state index in [4.69, 9.17) is 23.2 Å². The number of benzene rings is 1. The van der Waals surface area contributed by atoms with Crippen molar-refractivity contribution in [2.75, 3.05) is 5.88 Å². The van der Waals surface area contributed by atoms with E-state index in [-0.39, 0.29) is 11.9 Å². The van der Waals surface area contributed by atoms with Gasteiger partial charge in [0.1, 0.15) is 0 Å². The molecule has 0 radical (unpaired) electrons.